The number of aryl methyl sites for hydroxylation is 2. The van der Waals surface area contributed by atoms with E-state index in [9.17, 15) is 0 Å². The molecule has 1 heterocycles. The van der Waals surface area contributed by atoms with Crippen LogP contribution in [0, 0.1) is 13.8 Å². The van der Waals surface area contributed by atoms with Crippen molar-refractivity contribution in [2.45, 2.75) is 46.1 Å². The van der Waals surface area contributed by atoms with E-state index >= 15 is 0 Å². The summed E-state index contributed by atoms with van der Waals surface area (Å²) < 4.78 is 0. The molecule has 0 aliphatic heterocycles. The highest BCUT2D eigenvalue weighted by Gasteiger charge is 2.26. The summed E-state index contributed by atoms with van der Waals surface area (Å²) in [5, 5.41) is 0. The van der Waals surface area contributed by atoms with Crippen molar-refractivity contribution in [2.75, 3.05) is 0 Å². The summed E-state index contributed by atoms with van der Waals surface area (Å²) in [6, 6.07) is 4.27. The number of benzene rings is 1. The molecule has 0 amide bonds. The van der Waals surface area contributed by atoms with Crippen molar-refractivity contribution >= 4 is 11.0 Å². The molecule has 0 unspecified atom stereocenters. The van der Waals surface area contributed by atoms with E-state index in [1.165, 1.54) is 11.1 Å². The number of rotatable bonds is 3. The molecule has 2 rings (SSSR count). The first-order valence-corrected chi connectivity index (χ1v) is 6.26. The molecule has 3 heteroatoms. The molecule has 0 atom stereocenters. The Labute approximate surface area is 102 Å². The summed E-state index contributed by atoms with van der Waals surface area (Å²) >= 11 is 0. The second-order valence-electron chi connectivity index (χ2n) is 4.90. The molecule has 0 saturated heterocycles. The maximum absolute atomic E-state index is 6.36. The second kappa shape index (κ2) is 4.15. The van der Waals surface area contributed by atoms with Crippen molar-refractivity contribution in [2.24, 2.45) is 5.73 Å². The largest absolute Gasteiger partial charge is 0.340 e. The summed E-state index contributed by atoms with van der Waals surface area (Å²) in [5.41, 5.74) is 10.7. The minimum Gasteiger partial charge on any atom is -0.340 e. The summed E-state index contributed by atoms with van der Waals surface area (Å²) in [4.78, 5) is 8.02. The third-order valence-corrected chi connectivity index (χ3v) is 3.83. The van der Waals surface area contributed by atoms with Crippen LogP contribution in [0.4, 0.5) is 0 Å². The van der Waals surface area contributed by atoms with Crippen LogP contribution < -0.4 is 5.73 Å². The maximum Gasteiger partial charge on any atom is 0.127 e. The van der Waals surface area contributed by atoms with Crippen molar-refractivity contribution in [3.63, 3.8) is 0 Å². The third kappa shape index (κ3) is 1.95. The Hall–Kier alpha value is -1.35. The Balaban J connectivity index is 2.58. The van der Waals surface area contributed by atoms with Gasteiger partial charge >= 0.3 is 0 Å². The van der Waals surface area contributed by atoms with Gasteiger partial charge in [0.05, 0.1) is 16.6 Å². The molecule has 0 bridgehead atoms. The van der Waals surface area contributed by atoms with Crippen LogP contribution >= 0.6 is 0 Å². The second-order valence-corrected chi connectivity index (χ2v) is 4.90. The molecule has 2 aromatic rings. The van der Waals surface area contributed by atoms with Gasteiger partial charge in [0.15, 0.2) is 0 Å². The number of nitrogens with zero attached hydrogens (tertiary/aromatic N) is 1. The highest BCUT2D eigenvalue weighted by molar-refractivity contribution is 5.77. The predicted molar refractivity (Wildman–Crippen MR) is 72.0 cm³/mol. The molecule has 0 aliphatic rings. The molecule has 0 saturated carbocycles. The molecule has 1 aromatic carbocycles. The Bertz CT molecular complexity index is 497. The van der Waals surface area contributed by atoms with Gasteiger partial charge in [-0.1, -0.05) is 13.8 Å². The van der Waals surface area contributed by atoms with Crippen LogP contribution in [-0.4, -0.2) is 9.97 Å². The number of hydrogen-bond donors (Lipinski definition) is 2. The lowest BCUT2D eigenvalue weighted by molar-refractivity contribution is 0.392. The average molecular weight is 231 g/mol. The topological polar surface area (TPSA) is 54.7 Å². The molecule has 17 heavy (non-hydrogen) atoms. The number of H-pyrrole nitrogens is 1. The first kappa shape index (κ1) is 12.1. The lowest BCUT2D eigenvalue weighted by Gasteiger charge is -2.23. The van der Waals surface area contributed by atoms with E-state index in [0.29, 0.717) is 0 Å². The van der Waals surface area contributed by atoms with E-state index in [1.807, 2.05) is 0 Å². The summed E-state index contributed by atoms with van der Waals surface area (Å²) in [7, 11) is 0. The van der Waals surface area contributed by atoms with Crippen molar-refractivity contribution in [1.82, 2.24) is 9.97 Å². The van der Waals surface area contributed by atoms with Gasteiger partial charge in [-0.05, 0) is 49.9 Å². The molecule has 1 aromatic heterocycles. The van der Waals surface area contributed by atoms with Crippen LogP contribution in [0.5, 0.6) is 0 Å². The molecular weight excluding hydrogens is 210 g/mol. The van der Waals surface area contributed by atoms with Gasteiger partial charge in [0.2, 0.25) is 0 Å². The Morgan fingerprint density at radius 1 is 1.18 bits per heavy atom. The van der Waals surface area contributed by atoms with Gasteiger partial charge in [0, 0.05) is 0 Å². The Morgan fingerprint density at radius 2 is 1.76 bits per heavy atom. The molecule has 3 N–H and O–H groups in total. The average Bonchev–Trinajstić information content (AvgIpc) is 2.72. The van der Waals surface area contributed by atoms with Crippen LogP contribution in [0.15, 0.2) is 12.1 Å². The van der Waals surface area contributed by atoms with Crippen molar-refractivity contribution < 1.29 is 0 Å². The highest BCUT2D eigenvalue weighted by Crippen LogP contribution is 2.26. The van der Waals surface area contributed by atoms with Gasteiger partial charge in [-0.2, -0.15) is 0 Å². The molecular formula is C14H21N3. The van der Waals surface area contributed by atoms with Crippen molar-refractivity contribution in [1.29, 1.82) is 0 Å². The van der Waals surface area contributed by atoms with Crippen molar-refractivity contribution in [3.05, 3.63) is 29.1 Å². The molecule has 0 radical (unpaired) electrons. The predicted octanol–water partition coefficient (Wildman–Crippen LogP) is 3.15. The lowest BCUT2D eigenvalue weighted by atomic mass is 9.93. The van der Waals surface area contributed by atoms with Gasteiger partial charge in [-0.3, -0.25) is 0 Å². The Kier molecular flexibility index (Phi) is 2.96. The first-order chi connectivity index (χ1) is 8.00. The van der Waals surface area contributed by atoms with Crippen LogP contribution in [0.25, 0.3) is 11.0 Å². The quantitative estimate of drug-likeness (QED) is 0.852. The number of nitrogens with one attached hydrogen (secondary N) is 1. The normalized spacial score (nSPS) is 12.3. The first-order valence-electron chi connectivity index (χ1n) is 6.26. The van der Waals surface area contributed by atoms with Gasteiger partial charge in [-0.15, -0.1) is 0 Å². The maximum atomic E-state index is 6.36. The van der Waals surface area contributed by atoms with Crippen LogP contribution in [0.2, 0.25) is 0 Å². The van der Waals surface area contributed by atoms with E-state index in [-0.39, 0.29) is 5.54 Å². The zero-order chi connectivity index (χ0) is 12.6. The fourth-order valence-corrected chi connectivity index (χ4v) is 2.09. The van der Waals surface area contributed by atoms with Crippen molar-refractivity contribution in [3.8, 4) is 0 Å². The van der Waals surface area contributed by atoms with Gasteiger partial charge < -0.3 is 10.7 Å². The summed E-state index contributed by atoms with van der Waals surface area (Å²) in [5.74, 6) is 0.905. The van der Waals surface area contributed by atoms with E-state index in [0.717, 1.165) is 29.7 Å². The summed E-state index contributed by atoms with van der Waals surface area (Å²) in [6.07, 6.45) is 1.78. The third-order valence-electron chi connectivity index (χ3n) is 3.83. The van der Waals surface area contributed by atoms with Crippen LogP contribution in [0.3, 0.4) is 0 Å². The Morgan fingerprint density at radius 3 is 2.35 bits per heavy atom. The number of fused-ring (bicyclic) bond motifs is 1. The van der Waals surface area contributed by atoms with E-state index in [4.69, 9.17) is 5.73 Å². The lowest BCUT2D eigenvalue weighted by Crippen LogP contribution is -2.36. The molecule has 3 nitrogen and oxygen atoms in total. The number of aromatic amines is 1. The van der Waals surface area contributed by atoms with Gasteiger partial charge in [0.1, 0.15) is 5.82 Å². The number of nitrogens with two attached hydrogens (primary N) is 1. The zero-order valence-electron chi connectivity index (χ0n) is 11.1. The minimum atomic E-state index is -0.333. The van der Waals surface area contributed by atoms with Crippen LogP contribution in [-0.2, 0) is 5.54 Å². The van der Waals surface area contributed by atoms with E-state index in [1.54, 1.807) is 0 Å². The number of hydrogen-bond acceptors (Lipinski definition) is 2. The fourth-order valence-electron chi connectivity index (χ4n) is 2.09. The van der Waals surface area contributed by atoms with E-state index < -0.39 is 0 Å². The fraction of sp³-hybridized carbons (Fsp3) is 0.500. The molecule has 0 spiro atoms. The molecule has 0 aliphatic carbocycles. The molecule has 92 valence electrons. The molecule has 0 fully saturated rings. The van der Waals surface area contributed by atoms with Crippen LogP contribution in [0.1, 0.15) is 43.6 Å². The van der Waals surface area contributed by atoms with Gasteiger partial charge in [-0.25, -0.2) is 4.98 Å². The number of aromatic nitrogens is 2. The van der Waals surface area contributed by atoms with E-state index in [2.05, 4.69) is 49.8 Å². The SMILES string of the molecule is CCC(N)(CC)c1nc2cc(C)c(C)cc2[nH]1. The monoisotopic (exact) mass is 231 g/mol. The zero-order valence-corrected chi connectivity index (χ0v) is 11.1. The smallest absolute Gasteiger partial charge is 0.127 e. The van der Waals surface area contributed by atoms with Gasteiger partial charge in [0.25, 0.3) is 0 Å². The summed E-state index contributed by atoms with van der Waals surface area (Å²) in [6.45, 7) is 8.43. The minimum absolute atomic E-state index is 0.333. The number of imidazole rings is 1. The highest BCUT2D eigenvalue weighted by atomic mass is 15.0. The standard InChI is InChI=1S/C14H21N3/c1-5-14(15,6-2)13-16-11-7-9(3)10(4)8-12(11)17-13/h7-8H,5-6,15H2,1-4H3,(H,16,17).